The minimum absolute atomic E-state index is 0.323. The largest absolute Gasteiger partial charge is 0.416 e. The second-order valence-corrected chi connectivity index (χ2v) is 10.4. The number of anilines is 4. The van der Waals surface area contributed by atoms with Crippen molar-refractivity contribution in [3.63, 3.8) is 0 Å². The fraction of sp³-hybridized carbons (Fsp3) is 0.194. The Hall–Kier alpha value is -4.06. The molecule has 2 aliphatic heterocycles. The SMILES string of the molecule is C=C1C2(C)c3ccc(C(F)(F)F)cc3N3c4nccc(-c5ccccc5)c4N(c4ccccc4)C3C12C. The van der Waals surface area contributed by atoms with E-state index in [0.717, 1.165) is 33.6 Å². The molecule has 0 N–H and O–H groups in total. The molecule has 6 heteroatoms. The number of rotatable bonds is 2. The Balaban J connectivity index is 1.57. The average molecular weight is 496 g/mol. The molecule has 0 saturated heterocycles. The van der Waals surface area contributed by atoms with Gasteiger partial charge in [-0.15, -0.1) is 0 Å². The second-order valence-electron chi connectivity index (χ2n) is 10.4. The fourth-order valence-corrected chi connectivity index (χ4v) is 6.67. The summed E-state index contributed by atoms with van der Waals surface area (Å²) < 4.78 is 41.8. The Morgan fingerprint density at radius 2 is 1.54 bits per heavy atom. The summed E-state index contributed by atoms with van der Waals surface area (Å²) in [6, 6.07) is 26.2. The van der Waals surface area contributed by atoms with Gasteiger partial charge >= 0.3 is 6.18 Å². The Morgan fingerprint density at radius 1 is 0.865 bits per heavy atom. The Labute approximate surface area is 213 Å². The average Bonchev–Trinajstić information content (AvgIpc) is 3.20. The Bertz CT molecular complexity index is 1580. The fourth-order valence-electron chi connectivity index (χ4n) is 6.67. The highest BCUT2D eigenvalue weighted by atomic mass is 19.4. The Morgan fingerprint density at radius 3 is 2.22 bits per heavy atom. The molecule has 1 fully saturated rings. The number of hydrogen-bond donors (Lipinski definition) is 0. The van der Waals surface area contributed by atoms with E-state index in [1.807, 2.05) is 71.6 Å². The van der Waals surface area contributed by atoms with Gasteiger partial charge in [0.25, 0.3) is 0 Å². The van der Waals surface area contributed by atoms with Crippen LogP contribution < -0.4 is 9.80 Å². The molecule has 3 unspecified atom stereocenters. The van der Waals surface area contributed by atoms with E-state index < -0.39 is 22.6 Å². The summed E-state index contributed by atoms with van der Waals surface area (Å²) in [6.07, 6.45) is -3.03. The Kier molecular flexibility index (Phi) is 4.21. The maximum Gasteiger partial charge on any atom is 0.416 e. The molecule has 0 amide bonds. The highest BCUT2D eigenvalue weighted by Gasteiger charge is 2.76. The lowest BCUT2D eigenvalue weighted by Crippen LogP contribution is -2.50. The van der Waals surface area contributed by atoms with Crippen LogP contribution in [0.3, 0.4) is 0 Å². The molecule has 0 spiro atoms. The molecule has 3 aliphatic rings. The van der Waals surface area contributed by atoms with E-state index in [-0.39, 0.29) is 6.17 Å². The molecular formula is C31H24F3N3. The summed E-state index contributed by atoms with van der Waals surface area (Å²) in [5.74, 6) is 0.652. The predicted octanol–water partition coefficient (Wildman–Crippen LogP) is 8.23. The van der Waals surface area contributed by atoms with Gasteiger partial charge in [0.05, 0.1) is 11.3 Å². The minimum Gasteiger partial charge on any atom is -0.315 e. The summed E-state index contributed by atoms with van der Waals surface area (Å²) in [5.41, 5.74) is 4.72. The van der Waals surface area contributed by atoms with Gasteiger partial charge in [-0.25, -0.2) is 4.98 Å². The van der Waals surface area contributed by atoms with E-state index in [2.05, 4.69) is 25.3 Å². The van der Waals surface area contributed by atoms with Crippen LogP contribution in [0.4, 0.5) is 36.1 Å². The summed E-state index contributed by atoms with van der Waals surface area (Å²) in [7, 11) is 0. The first-order valence-electron chi connectivity index (χ1n) is 12.3. The molecule has 3 nitrogen and oxygen atoms in total. The number of nitrogens with zero attached hydrogens (tertiary/aromatic N) is 3. The molecule has 3 heterocycles. The van der Waals surface area contributed by atoms with Crippen molar-refractivity contribution in [3.05, 3.63) is 114 Å². The normalized spacial score (nSPS) is 25.3. The first-order valence-corrected chi connectivity index (χ1v) is 12.3. The van der Waals surface area contributed by atoms with Crippen LogP contribution >= 0.6 is 0 Å². The van der Waals surface area contributed by atoms with Crippen LogP contribution in [0.1, 0.15) is 25.0 Å². The number of para-hydroxylation sites is 1. The number of aromatic nitrogens is 1. The molecule has 7 rings (SSSR count). The summed E-state index contributed by atoms with van der Waals surface area (Å²) in [6.45, 7) is 8.75. The van der Waals surface area contributed by atoms with Crippen molar-refractivity contribution in [2.45, 2.75) is 31.6 Å². The van der Waals surface area contributed by atoms with Crippen LogP contribution in [0.25, 0.3) is 11.1 Å². The van der Waals surface area contributed by atoms with Gasteiger partial charge in [0.2, 0.25) is 0 Å². The van der Waals surface area contributed by atoms with Crippen LogP contribution in [-0.2, 0) is 11.6 Å². The zero-order chi connectivity index (χ0) is 25.7. The van der Waals surface area contributed by atoms with Gasteiger partial charge in [-0.1, -0.05) is 80.6 Å². The summed E-state index contributed by atoms with van der Waals surface area (Å²) in [5, 5.41) is 0. The van der Waals surface area contributed by atoms with Gasteiger partial charge in [0.1, 0.15) is 6.17 Å². The highest BCUT2D eigenvalue weighted by molar-refractivity contribution is 5.99. The first kappa shape index (κ1) is 22.2. The molecule has 184 valence electrons. The third-order valence-corrected chi connectivity index (χ3v) is 8.83. The topological polar surface area (TPSA) is 19.4 Å². The van der Waals surface area contributed by atoms with Gasteiger partial charge in [-0.2, -0.15) is 13.2 Å². The lowest BCUT2D eigenvalue weighted by molar-refractivity contribution is -0.137. The predicted molar refractivity (Wildman–Crippen MR) is 140 cm³/mol. The van der Waals surface area contributed by atoms with Crippen molar-refractivity contribution < 1.29 is 13.2 Å². The van der Waals surface area contributed by atoms with Crippen molar-refractivity contribution in [1.82, 2.24) is 4.98 Å². The van der Waals surface area contributed by atoms with E-state index >= 15 is 0 Å². The molecular weight excluding hydrogens is 471 g/mol. The van der Waals surface area contributed by atoms with Crippen LogP contribution in [0.5, 0.6) is 0 Å². The first-order chi connectivity index (χ1) is 17.7. The number of halogens is 3. The molecule has 37 heavy (non-hydrogen) atoms. The van der Waals surface area contributed by atoms with E-state index in [0.29, 0.717) is 11.5 Å². The van der Waals surface area contributed by atoms with Gasteiger partial charge in [0.15, 0.2) is 5.82 Å². The van der Waals surface area contributed by atoms with E-state index in [1.165, 1.54) is 12.1 Å². The van der Waals surface area contributed by atoms with Crippen LogP contribution in [0, 0.1) is 5.41 Å². The molecule has 3 aromatic carbocycles. The van der Waals surface area contributed by atoms with Crippen molar-refractivity contribution in [2.75, 3.05) is 9.80 Å². The van der Waals surface area contributed by atoms with Crippen LogP contribution in [-0.4, -0.2) is 11.1 Å². The van der Waals surface area contributed by atoms with Gasteiger partial charge in [0, 0.05) is 34.0 Å². The molecule has 0 radical (unpaired) electrons. The third-order valence-electron chi connectivity index (χ3n) is 8.83. The zero-order valence-corrected chi connectivity index (χ0v) is 20.4. The molecule has 1 aromatic heterocycles. The lowest BCUT2D eigenvalue weighted by atomic mass is 9.80. The number of pyridine rings is 1. The quantitative estimate of drug-likeness (QED) is 0.261. The molecule has 1 aliphatic carbocycles. The highest BCUT2D eigenvalue weighted by Crippen LogP contribution is 2.78. The van der Waals surface area contributed by atoms with Gasteiger partial charge < -0.3 is 9.80 Å². The standard InChI is InChI=1S/C31H24F3N3/c1-19-29(2)24-15-14-21(31(32,33)34)18-25(24)37-27-26(23(16-17-35-27)20-10-6-4-7-11-20)36(28(37)30(19,29)3)22-12-8-5-9-13-22/h4-18,28H,1H2,2-3H3. The zero-order valence-electron chi connectivity index (χ0n) is 20.4. The monoisotopic (exact) mass is 495 g/mol. The van der Waals surface area contributed by atoms with Crippen LogP contribution in [0.2, 0.25) is 0 Å². The van der Waals surface area contributed by atoms with Crippen molar-refractivity contribution in [2.24, 2.45) is 5.41 Å². The van der Waals surface area contributed by atoms with Crippen molar-refractivity contribution in [3.8, 4) is 11.1 Å². The van der Waals surface area contributed by atoms with E-state index in [1.54, 1.807) is 12.3 Å². The molecule has 4 aromatic rings. The smallest absolute Gasteiger partial charge is 0.315 e. The van der Waals surface area contributed by atoms with Crippen LogP contribution in [0.15, 0.2) is 103 Å². The van der Waals surface area contributed by atoms with E-state index in [9.17, 15) is 13.2 Å². The van der Waals surface area contributed by atoms with Crippen molar-refractivity contribution >= 4 is 22.9 Å². The third kappa shape index (κ3) is 2.65. The number of fused-ring (bicyclic) bond motifs is 8. The molecule has 0 bridgehead atoms. The van der Waals surface area contributed by atoms with Gasteiger partial charge in [-0.3, -0.25) is 0 Å². The maximum atomic E-state index is 13.9. The number of hydrogen-bond acceptors (Lipinski definition) is 3. The lowest BCUT2D eigenvalue weighted by Gasteiger charge is -2.44. The summed E-state index contributed by atoms with van der Waals surface area (Å²) in [4.78, 5) is 9.07. The minimum atomic E-state index is -4.45. The molecule has 3 atom stereocenters. The van der Waals surface area contributed by atoms with Crippen molar-refractivity contribution in [1.29, 1.82) is 0 Å². The van der Waals surface area contributed by atoms with Gasteiger partial charge in [-0.05, 0) is 41.5 Å². The molecule has 1 saturated carbocycles. The second kappa shape index (κ2) is 7.03. The number of benzene rings is 3. The maximum absolute atomic E-state index is 13.9. The number of alkyl halides is 3. The van der Waals surface area contributed by atoms with E-state index in [4.69, 9.17) is 4.98 Å². The summed E-state index contributed by atoms with van der Waals surface area (Å²) >= 11 is 0.